The predicted molar refractivity (Wildman–Crippen MR) is 156 cm³/mol. The largest absolute Gasteiger partial charge is 0.519 e. The molecular weight excluding hydrogens is 529 g/mol. The van der Waals surface area contributed by atoms with E-state index in [0.717, 1.165) is 44.9 Å². The molecule has 7 heteroatoms. The van der Waals surface area contributed by atoms with E-state index in [1.807, 2.05) is 0 Å². The first kappa shape index (κ1) is 32.0. The van der Waals surface area contributed by atoms with Crippen LogP contribution in [0.3, 0.4) is 0 Å². The molecule has 0 saturated heterocycles. The molecule has 0 saturated carbocycles. The zero-order chi connectivity index (χ0) is 29.5. The topological polar surface area (TPSA) is 44.8 Å². The number of ether oxygens (including phenoxy) is 3. The number of carbonyl (C=O) groups is 1. The number of rotatable bonds is 17. The third-order valence-corrected chi connectivity index (χ3v) is 6.94. The zero-order valence-electron chi connectivity index (χ0n) is 24.2. The Labute approximate surface area is 241 Å². The lowest BCUT2D eigenvalue weighted by atomic mass is 10.0. The number of halogens is 3. The third kappa shape index (κ3) is 10.5. The minimum Gasteiger partial charge on any atom is -0.490 e. The van der Waals surface area contributed by atoms with Gasteiger partial charge >= 0.3 is 6.16 Å². The Balaban J connectivity index is 1.50. The lowest BCUT2D eigenvalue weighted by Crippen LogP contribution is -2.14. The number of carbonyl (C=O) groups excluding carboxylic acids is 1. The highest BCUT2D eigenvalue weighted by molar-refractivity contribution is 5.69. The first-order valence-corrected chi connectivity index (χ1v) is 14.8. The van der Waals surface area contributed by atoms with E-state index in [1.165, 1.54) is 74.2 Å². The number of hydrogen-bond donors (Lipinski definition) is 0. The van der Waals surface area contributed by atoms with Gasteiger partial charge in [-0.05, 0) is 60.7 Å². The summed E-state index contributed by atoms with van der Waals surface area (Å²) in [4.78, 5) is 12.2. The van der Waals surface area contributed by atoms with Gasteiger partial charge in [0.15, 0.2) is 11.6 Å². The molecule has 3 aromatic carbocycles. The molecule has 0 fully saturated rings. The van der Waals surface area contributed by atoms with Crippen LogP contribution >= 0.6 is 0 Å². The van der Waals surface area contributed by atoms with Gasteiger partial charge in [0.2, 0.25) is 5.82 Å². The fourth-order valence-corrected chi connectivity index (χ4v) is 4.56. The molecule has 0 bridgehead atoms. The molecule has 0 aliphatic heterocycles. The summed E-state index contributed by atoms with van der Waals surface area (Å²) in [5, 5.41) is 0. The molecule has 0 heterocycles. The normalized spacial score (nSPS) is 11.0. The average Bonchev–Trinajstić information content (AvgIpc) is 2.96. The second-order valence-electron chi connectivity index (χ2n) is 10.3. The Kier molecular flexibility index (Phi) is 13.6. The Hall–Kier alpha value is -3.48. The van der Waals surface area contributed by atoms with Crippen LogP contribution in [0.1, 0.15) is 90.0 Å². The molecule has 41 heavy (non-hydrogen) atoms. The molecule has 0 atom stereocenters. The summed E-state index contributed by atoms with van der Waals surface area (Å²) < 4.78 is 59.6. The van der Waals surface area contributed by atoms with Crippen molar-refractivity contribution in [1.29, 1.82) is 0 Å². The van der Waals surface area contributed by atoms with Crippen molar-refractivity contribution in [2.45, 2.75) is 90.9 Å². The van der Waals surface area contributed by atoms with Crippen LogP contribution in [0, 0.1) is 17.5 Å². The van der Waals surface area contributed by atoms with Gasteiger partial charge in [-0.3, -0.25) is 0 Å². The minimum atomic E-state index is -1.04. The van der Waals surface area contributed by atoms with Gasteiger partial charge < -0.3 is 14.2 Å². The quantitative estimate of drug-likeness (QED) is 0.0920. The lowest BCUT2D eigenvalue weighted by Gasteiger charge is -2.11. The summed E-state index contributed by atoms with van der Waals surface area (Å²) in [7, 11) is 0. The molecule has 0 N–H and O–H groups in total. The molecule has 4 nitrogen and oxygen atoms in total. The smallest absolute Gasteiger partial charge is 0.490 e. The summed E-state index contributed by atoms with van der Waals surface area (Å²) in [6, 6.07) is 13.1. The fraction of sp³-hybridized carbons (Fsp3) is 0.441. The van der Waals surface area contributed by atoms with Crippen molar-refractivity contribution < 1.29 is 32.2 Å². The van der Waals surface area contributed by atoms with E-state index in [-0.39, 0.29) is 22.8 Å². The zero-order valence-corrected chi connectivity index (χ0v) is 24.2. The van der Waals surface area contributed by atoms with Gasteiger partial charge in [0.05, 0.1) is 6.61 Å². The van der Waals surface area contributed by atoms with Crippen molar-refractivity contribution in [3.63, 3.8) is 0 Å². The summed E-state index contributed by atoms with van der Waals surface area (Å²) >= 11 is 0. The highest BCUT2D eigenvalue weighted by Gasteiger charge is 2.17. The summed E-state index contributed by atoms with van der Waals surface area (Å²) in [6.07, 6.45) is 11.5. The molecule has 222 valence electrons. The Morgan fingerprint density at radius 1 is 0.659 bits per heavy atom. The monoisotopic (exact) mass is 570 g/mol. The maximum Gasteiger partial charge on any atom is 0.519 e. The molecule has 0 amide bonds. The SMILES string of the molecule is CCCCCCCCOc1ccc(-c2ccc(OC(=O)Oc3ccc(CCCCCCC)c(F)c3)cc2)c(F)c1F. The summed E-state index contributed by atoms with van der Waals surface area (Å²) in [5.41, 5.74) is 1.04. The van der Waals surface area contributed by atoms with Crippen LogP contribution in [0.4, 0.5) is 18.0 Å². The van der Waals surface area contributed by atoms with Crippen molar-refractivity contribution in [2.75, 3.05) is 6.61 Å². The third-order valence-electron chi connectivity index (χ3n) is 6.94. The van der Waals surface area contributed by atoms with E-state index in [9.17, 15) is 18.0 Å². The van der Waals surface area contributed by atoms with E-state index < -0.39 is 23.6 Å². The Morgan fingerprint density at radius 3 is 1.95 bits per heavy atom. The minimum absolute atomic E-state index is 0.0372. The van der Waals surface area contributed by atoms with Gasteiger partial charge in [-0.25, -0.2) is 13.6 Å². The molecule has 0 radical (unpaired) electrons. The lowest BCUT2D eigenvalue weighted by molar-refractivity contribution is 0.151. The number of benzene rings is 3. The van der Waals surface area contributed by atoms with Crippen molar-refractivity contribution in [3.8, 4) is 28.4 Å². The van der Waals surface area contributed by atoms with Gasteiger partial charge in [0.25, 0.3) is 0 Å². The van der Waals surface area contributed by atoms with Gasteiger partial charge in [0, 0.05) is 11.6 Å². The number of aryl methyl sites for hydroxylation is 1. The van der Waals surface area contributed by atoms with E-state index in [2.05, 4.69) is 13.8 Å². The average molecular weight is 571 g/mol. The number of hydrogen-bond acceptors (Lipinski definition) is 4. The van der Waals surface area contributed by atoms with E-state index in [0.29, 0.717) is 24.2 Å². The van der Waals surface area contributed by atoms with Crippen LogP contribution in [-0.4, -0.2) is 12.8 Å². The second-order valence-corrected chi connectivity index (χ2v) is 10.3. The van der Waals surface area contributed by atoms with Crippen molar-refractivity contribution >= 4 is 6.16 Å². The molecular formula is C34H41F3O4. The van der Waals surface area contributed by atoms with E-state index >= 15 is 0 Å². The van der Waals surface area contributed by atoms with Crippen molar-refractivity contribution in [3.05, 3.63) is 77.6 Å². The highest BCUT2D eigenvalue weighted by Crippen LogP contribution is 2.31. The first-order chi connectivity index (χ1) is 19.9. The van der Waals surface area contributed by atoms with Crippen molar-refractivity contribution in [1.82, 2.24) is 0 Å². The van der Waals surface area contributed by atoms with Crippen LogP contribution in [0.5, 0.6) is 17.2 Å². The molecule has 3 aromatic rings. The van der Waals surface area contributed by atoms with E-state index in [4.69, 9.17) is 14.2 Å². The Morgan fingerprint density at radius 2 is 1.27 bits per heavy atom. The van der Waals surface area contributed by atoms with Gasteiger partial charge in [-0.15, -0.1) is 0 Å². The second kappa shape index (κ2) is 17.4. The van der Waals surface area contributed by atoms with E-state index in [1.54, 1.807) is 6.07 Å². The molecule has 0 spiro atoms. The first-order valence-electron chi connectivity index (χ1n) is 14.8. The van der Waals surface area contributed by atoms with Gasteiger partial charge in [0.1, 0.15) is 17.3 Å². The maximum atomic E-state index is 14.8. The van der Waals surface area contributed by atoms with Gasteiger partial charge in [-0.2, -0.15) is 4.39 Å². The number of unbranched alkanes of at least 4 members (excludes halogenated alkanes) is 9. The molecule has 0 aromatic heterocycles. The Bertz CT molecular complexity index is 1230. The summed E-state index contributed by atoms with van der Waals surface area (Å²) in [6.45, 7) is 4.64. The standard InChI is InChI=1S/C34H41F3O4/c1-3-5-7-9-11-13-23-39-31-22-21-29(32(36)33(31)37)25-15-18-27(19-16-25)40-34(38)41-28-20-17-26(30(35)24-28)14-12-10-8-6-4-2/h15-22,24H,3-14,23H2,1-2H3. The van der Waals surface area contributed by atoms with Crippen LogP contribution < -0.4 is 14.2 Å². The molecule has 0 aliphatic carbocycles. The fourth-order valence-electron chi connectivity index (χ4n) is 4.56. The van der Waals surface area contributed by atoms with Crippen LogP contribution in [0.25, 0.3) is 11.1 Å². The molecule has 3 rings (SSSR count). The van der Waals surface area contributed by atoms with Gasteiger partial charge in [-0.1, -0.05) is 89.8 Å². The van der Waals surface area contributed by atoms with Crippen LogP contribution in [0.15, 0.2) is 54.6 Å². The molecule has 0 unspecified atom stereocenters. The van der Waals surface area contributed by atoms with Crippen LogP contribution in [0.2, 0.25) is 0 Å². The highest BCUT2D eigenvalue weighted by atomic mass is 19.2. The molecule has 0 aliphatic rings. The summed E-state index contributed by atoms with van der Waals surface area (Å²) in [5.74, 6) is -2.41. The van der Waals surface area contributed by atoms with Crippen LogP contribution in [-0.2, 0) is 6.42 Å². The van der Waals surface area contributed by atoms with Crippen molar-refractivity contribution in [2.24, 2.45) is 0 Å². The maximum absolute atomic E-state index is 14.8. The predicted octanol–water partition coefficient (Wildman–Crippen LogP) is 10.6.